The topological polar surface area (TPSA) is 56.7 Å². The van der Waals surface area contributed by atoms with Gasteiger partial charge in [-0.1, -0.05) is 164 Å². The Hall–Kier alpha value is -8.45. The van der Waals surface area contributed by atoms with Crippen LogP contribution in [-0.4, -0.2) is 19.5 Å². The SMILES string of the molecule is c1ccc(-c2ccc(-c3nc(-c4ccc5c(c4)sc4ccccc45)nc(-c4cccc5oc6cc(-n7c8ccccc8c8cc9ccccc9cc87)c7ccccc7c6c45)n3)cc2)cc1. The number of aromatic nitrogens is 4. The van der Waals surface area contributed by atoms with E-state index in [4.69, 9.17) is 19.4 Å². The second kappa shape index (κ2) is 14.0. The number of thiophene rings is 1. The van der Waals surface area contributed by atoms with Crippen LogP contribution in [-0.2, 0) is 0 Å². The minimum atomic E-state index is 0.587. The lowest BCUT2D eigenvalue weighted by Crippen LogP contribution is -2.00. The highest BCUT2D eigenvalue weighted by Gasteiger charge is 2.23. The molecule has 0 bridgehead atoms. The molecule has 0 N–H and O–H groups in total. The van der Waals surface area contributed by atoms with Crippen molar-refractivity contribution >= 4 is 96.8 Å². The van der Waals surface area contributed by atoms with Crippen molar-refractivity contribution in [1.82, 2.24) is 19.5 Å². The summed E-state index contributed by atoms with van der Waals surface area (Å²) in [4.78, 5) is 15.8. The van der Waals surface area contributed by atoms with Gasteiger partial charge in [-0.05, 0) is 63.7 Å². The van der Waals surface area contributed by atoms with Crippen LogP contribution >= 0.6 is 11.3 Å². The first-order chi connectivity index (χ1) is 32.2. The van der Waals surface area contributed by atoms with Crippen molar-refractivity contribution in [3.05, 3.63) is 206 Å². The molecule has 14 aromatic rings. The summed E-state index contributed by atoms with van der Waals surface area (Å²) in [5.74, 6) is 1.81. The minimum Gasteiger partial charge on any atom is -0.456 e. The molecule has 0 aliphatic rings. The summed E-state index contributed by atoms with van der Waals surface area (Å²) in [5.41, 5.74) is 9.97. The summed E-state index contributed by atoms with van der Waals surface area (Å²) < 4.78 is 11.8. The van der Waals surface area contributed by atoms with Gasteiger partial charge < -0.3 is 8.98 Å². The van der Waals surface area contributed by atoms with Crippen LogP contribution in [0.25, 0.3) is 136 Å². The fourth-order valence-electron chi connectivity index (χ4n) is 10.0. The summed E-state index contributed by atoms with van der Waals surface area (Å²) in [6, 6.07) is 73.2. The van der Waals surface area contributed by atoms with Crippen LogP contribution in [0.5, 0.6) is 0 Å². The van der Waals surface area contributed by atoms with Gasteiger partial charge in [-0.2, -0.15) is 0 Å². The van der Waals surface area contributed by atoms with Crippen LogP contribution in [0.1, 0.15) is 0 Å². The van der Waals surface area contributed by atoms with Gasteiger partial charge in [0.2, 0.25) is 0 Å². The molecule has 10 aromatic carbocycles. The predicted molar refractivity (Wildman–Crippen MR) is 271 cm³/mol. The predicted octanol–water partition coefficient (Wildman–Crippen LogP) is 16.2. The van der Waals surface area contributed by atoms with Gasteiger partial charge in [0.05, 0.1) is 16.7 Å². The van der Waals surface area contributed by atoms with E-state index in [-0.39, 0.29) is 0 Å². The summed E-state index contributed by atoms with van der Waals surface area (Å²) in [5, 5.41) is 11.6. The van der Waals surface area contributed by atoms with E-state index in [1.54, 1.807) is 11.3 Å². The molecule has 5 nitrogen and oxygen atoms in total. The molecule has 65 heavy (non-hydrogen) atoms. The lowest BCUT2D eigenvalue weighted by atomic mass is 9.99. The van der Waals surface area contributed by atoms with Crippen LogP contribution in [0, 0.1) is 0 Å². The molecule has 0 saturated carbocycles. The molecular weight excluding hydrogens is 813 g/mol. The van der Waals surface area contributed by atoms with Crippen molar-refractivity contribution in [3.8, 4) is 51.0 Å². The van der Waals surface area contributed by atoms with Gasteiger partial charge in [0, 0.05) is 69.9 Å². The fraction of sp³-hybridized carbons (Fsp3) is 0. The molecule has 0 aliphatic heterocycles. The zero-order valence-corrected chi connectivity index (χ0v) is 35.6. The summed E-state index contributed by atoms with van der Waals surface area (Å²) in [6.45, 7) is 0. The molecule has 4 aromatic heterocycles. The summed E-state index contributed by atoms with van der Waals surface area (Å²) in [7, 11) is 0. The standard InChI is InChI=1S/C59H34N4OS/c1-2-13-35(14-3-1)36-25-27-37(28-26-36)57-60-58(40-29-30-44-43-19-9-11-24-53(43)65-54(44)33-40)62-59(61-57)46-21-12-23-51-56(46)55-45-20-7-6-17-41(45)50(34-52(55)64-51)63-48-22-10-8-18-42(48)47-31-38-15-4-5-16-39(38)32-49(47)63/h1-34H. The second-order valence-corrected chi connectivity index (χ2v) is 17.8. The van der Waals surface area contributed by atoms with Gasteiger partial charge in [0.25, 0.3) is 0 Å². The maximum Gasteiger partial charge on any atom is 0.164 e. The molecular formula is C59H34N4OS. The molecule has 0 aliphatic carbocycles. The van der Waals surface area contributed by atoms with Crippen LogP contribution in [0.2, 0.25) is 0 Å². The van der Waals surface area contributed by atoms with Crippen LogP contribution < -0.4 is 0 Å². The number of hydrogen-bond acceptors (Lipinski definition) is 5. The molecule has 0 fully saturated rings. The van der Waals surface area contributed by atoms with E-state index in [9.17, 15) is 0 Å². The van der Waals surface area contributed by atoms with Crippen molar-refractivity contribution in [3.63, 3.8) is 0 Å². The number of hydrogen-bond donors (Lipinski definition) is 0. The Labute approximate surface area is 376 Å². The molecule has 0 unspecified atom stereocenters. The van der Waals surface area contributed by atoms with Gasteiger partial charge in [-0.3, -0.25) is 0 Å². The van der Waals surface area contributed by atoms with E-state index in [0.717, 1.165) is 77.2 Å². The first-order valence-corrected chi connectivity index (χ1v) is 22.7. The van der Waals surface area contributed by atoms with Crippen molar-refractivity contribution in [2.24, 2.45) is 0 Å². The Kier molecular flexibility index (Phi) is 7.79. The van der Waals surface area contributed by atoms with E-state index in [0.29, 0.717) is 17.5 Å². The van der Waals surface area contributed by atoms with Gasteiger partial charge in [-0.25, -0.2) is 15.0 Å². The quantitative estimate of drug-likeness (QED) is 0.173. The van der Waals surface area contributed by atoms with Gasteiger partial charge in [0.15, 0.2) is 17.5 Å². The van der Waals surface area contributed by atoms with Gasteiger partial charge >= 0.3 is 0 Å². The maximum absolute atomic E-state index is 6.93. The molecule has 302 valence electrons. The highest BCUT2D eigenvalue weighted by molar-refractivity contribution is 7.25. The maximum atomic E-state index is 6.93. The number of fused-ring (bicyclic) bond motifs is 12. The molecule has 14 rings (SSSR count). The third-order valence-electron chi connectivity index (χ3n) is 13.0. The van der Waals surface area contributed by atoms with Crippen LogP contribution in [0.15, 0.2) is 211 Å². The Morgan fingerprint density at radius 3 is 1.83 bits per heavy atom. The minimum absolute atomic E-state index is 0.587. The van der Waals surface area contributed by atoms with Crippen molar-refractivity contribution < 1.29 is 4.42 Å². The monoisotopic (exact) mass is 846 g/mol. The number of rotatable bonds is 5. The molecule has 4 heterocycles. The second-order valence-electron chi connectivity index (χ2n) is 16.7. The summed E-state index contributed by atoms with van der Waals surface area (Å²) in [6.07, 6.45) is 0. The number of furan rings is 1. The highest BCUT2D eigenvalue weighted by Crippen LogP contribution is 2.45. The van der Waals surface area contributed by atoms with E-state index >= 15 is 0 Å². The smallest absolute Gasteiger partial charge is 0.164 e. The number of nitrogens with zero attached hydrogens (tertiary/aromatic N) is 4. The highest BCUT2D eigenvalue weighted by atomic mass is 32.1. The molecule has 0 atom stereocenters. The average molecular weight is 847 g/mol. The zero-order valence-electron chi connectivity index (χ0n) is 34.7. The van der Waals surface area contributed by atoms with Gasteiger partial charge in [-0.15, -0.1) is 11.3 Å². The first-order valence-electron chi connectivity index (χ1n) is 21.8. The van der Waals surface area contributed by atoms with Crippen LogP contribution in [0.3, 0.4) is 0 Å². The molecule has 6 heteroatoms. The van der Waals surface area contributed by atoms with E-state index in [1.807, 2.05) is 12.1 Å². The van der Waals surface area contributed by atoms with Crippen LogP contribution in [0.4, 0.5) is 0 Å². The largest absolute Gasteiger partial charge is 0.456 e. The molecule has 0 amide bonds. The Morgan fingerprint density at radius 1 is 0.354 bits per heavy atom. The van der Waals surface area contributed by atoms with Gasteiger partial charge in [0.1, 0.15) is 11.2 Å². The van der Waals surface area contributed by atoms with Crippen molar-refractivity contribution in [1.29, 1.82) is 0 Å². The van der Waals surface area contributed by atoms with E-state index in [2.05, 4.69) is 199 Å². The molecule has 0 radical (unpaired) electrons. The average Bonchev–Trinajstić information content (AvgIpc) is 4.04. The number of benzene rings is 10. The normalized spacial score (nSPS) is 12.0. The van der Waals surface area contributed by atoms with Crippen molar-refractivity contribution in [2.45, 2.75) is 0 Å². The lowest BCUT2D eigenvalue weighted by molar-refractivity contribution is 0.669. The third kappa shape index (κ3) is 5.61. The van der Waals surface area contributed by atoms with E-state index < -0.39 is 0 Å². The fourth-order valence-corrected chi connectivity index (χ4v) is 11.2. The lowest BCUT2D eigenvalue weighted by Gasteiger charge is -2.13. The molecule has 0 spiro atoms. The Balaban J connectivity index is 1.00. The first kappa shape index (κ1) is 36.1. The van der Waals surface area contributed by atoms with Crippen molar-refractivity contribution in [2.75, 3.05) is 0 Å². The number of para-hydroxylation sites is 1. The third-order valence-corrected chi connectivity index (χ3v) is 14.2. The zero-order chi connectivity index (χ0) is 42.6. The Morgan fingerprint density at radius 2 is 0.985 bits per heavy atom. The summed E-state index contributed by atoms with van der Waals surface area (Å²) >= 11 is 1.79. The molecule has 0 saturated heterocycles. The Bertz CT molecular complexity index is 4240. The van der Waals surface area contributed by atoms with E-state index in [1.165, 1.54) is 41.7 Å².